The van der Waals surface area contributed by atoms with Crippen molar-refractivity contribution >= 4 is 24.0 Å². The SMILES string of the molecule is COc1ccc(N(C)C(=O)C2COCCN2)cc1F.Cl. The highest BCUT2D eigenvalue weighted by molar-refractivity contribution is 5.96. The van der Waals surface area contributed by atoms with E-state index >= 15 is 0 Å². The van der Waals surface area contributed by atoms with Gasteiger partial charge < -0.3 is 19.7 Å². The maximum absolute atomic E-state index is 13.6. The Labute approximate surface area is 123 Å². The molecule has 112 valence electrons. The number of hydrogen-bond donors (Lipinski definition) is 1. The van der Waals surface area contributed by atoms with Crippen LogP contribution in [0.25, 0.3) is 0 Å². The van der Waals surface area contributed by atoms with Gasteiger partial charge in [0.15, 0.2) is 11.6 Å². The maximum Gasteiger partial charge on any atom is 0.246 e. The molecule has 2 rings (SSSR count). The minimum absolute atomic E-state index is 0. The van der Waals surface area contributed by atoms with Crippen molar-refractivity contribution in [1.82, 2.24) is 5.32 Å². The van der Waals surface area contributed by atoms with Crippen molar-refractivity contribution in [3.8, 4) is 5.75 Å². The highest BCUT2D eigenvalue weighted by Gasteiger charge is 2.25. The molecule has 0 aromatic heterocycles. The Balaban J connectivity index is 0.00000200. The zero-order valence-electron chi connectivity index (χ0n) is 11.4. The molecule has 7 heteroatoms. The van der Waals surface area contributed by atoms with E-state index in [1.54, 1.807) is 13.1 Å². The number of amides is 1. The van der Waals surface area contributed by atoms with Gasteiger partial charge in [-0.15, -0.1) is 12.4 Å². The number of likely N-dealkylation sites (N-methyl/N-ethyl adjacent to an activating group) is 1. The van der Waals surface area contributed by atoms with E-state index in [-0.39, 0.29) is 30.1 Å². The Morgan fingerprint density at radius 3 is 2.85 bits per heavy atom. The molecule has 1 aromatic rings. The molecule has 1 heterocycles. The van der Waals surface area contributed by atoms with Crippen molar-refractivity contribution in [3.63, 3.8) is 0 Å². The number of carbonyl (C=O) groups excluding carboxylic acids is 1. The van der Waals surface area contributed by atoms with E-state index in [0.29, 0.717) is 25.4 Å². The number of rotatable bonds is 3. The Kier molecular flexibility index (Phi) is 6.19. The van der Waals surface area contributed by atoms with Crippen LogP contribution in [0.5, 0.6) is 5.75 Å². The van der Waals surface area contributed by atoms with Crippen LogP contribution in [-0.4, -0.2) is 45.9 Å². The summed E-state index contributed by atoms with van der Waals surface area (Å²) in [5, 5.41) is 3.07. The molecule has 1 unspecified atom stereocenters. The van der Waals surface area contributed by atoms with Gasteiger partial charge in [0.2, 0.25) is 5.91 Å². The maximum atomic E-state index is 13.6. The van der Waals surface area contributed by atoms with Gasteiger partial charge in [-0.25, -0.2) is 4.39 Å². The summed E-state index contributed by atoms with van der Waals surface area (Å²) in [6, 6.07) is 4.03. The lowest BCUT2D eigenvalue weighted by atomic mass is 10.2. The molecular weight excluding hydrogens is 287 g/mol. The van der Waals surface area contributed by atoms with E-state index in [0.717, 1.165) is 0 Å². The van der Waals surface area contributed by atoms with Gasteiger partial charge in [-0.2, -0.15) is 0 Å². The molecule has 1 aliphatic rings. The molecule has 5 nitrogen and oxygen atoms in total. The van der Waals surface area contributed by atoms with E-state index in [1.807, 2.05) is 0 Å². The molecule has 1 atom stereocenters. The van der Waals surface area contributed by atoms with Gasteiger partial charge in [0.05, 0.1) is 20.3 Å². The molecule has 1 fully saturated rings. The molecule has 0 aliphatic carbocycles. The number of benzene rings is 1. The van der Waals surface area contributed by atoms with Gasteiger partial charge in [-0.3, -0.25) is 4.79 Å². The normalized spacial score (nSPS) is 18.1. The van der Waals surface area contributed by atoms with E-state index in [1.165, 1.54) is 24.1 Å². The molecule has 0 radical (unpaired) electrons. The average molecular weight is 305 g/mol. The highest BCUT2D eigenvalue weighted by atomic mass is 35.5. The first-order valence-corrected chi connectivity index (χ1v) is 6.05. The van der Waals surface area contributed by atoms with Gasteiger partial charge in [0.25, 0.3) is 0 Å². The Hall–Kier alpha value is -1.37. The number of nitrogens with zero attached hydrogens (tertiary/aromatic N) is 1. The lowest BCUT2D eigenvalue weighted by Crippen LogP contribution is -2.51. The van der Waals surface area contributed by atoms with Crippen molar-refractivity contribution in [2.75, 3.05) is 38.8 Å². The van der Waals surface area contributed by atoms with Crippen molar-refractivity contribution in [2.24, 2.45) is 0 Å². The molecule has 1 aliphatic heterocycles. The monoisotopic (exact) mass is 304 g/mol. The van der Waals surface area contributed by atoms with Crippen LogP contribution in [0.4, 0.5) is 10.1 Å². The Morgan fingerprint density at radius 1 is 1.55 bits per heavy atom. The zero-order valence-corrected chi connectivity index (χ0v) is 12.2. The van der Waals surface area contributed by atoms with Gasteiger partial charge in [0.1, 0.15) is 6.04 Å². The van der Waals surface area contributed by atoms with Gasteiger partial charge in [-0.1, -0.05) is 0 Å². The lowest BCUT2D eigenvalue weighted by molar-refractivity contribution is -0.123. The van der Waals surface area contributed by atoms with Crippen LogP contribution in [0, 0.1) is 5.82 Å². The minimum Gasteiger partial charge on any atom is -0.494 e. The van der Waals surface area contributed by atoms with Gasteiger partial charge in [-0.05, 0) is 12.1 Å². The number of carbonyl (C=O) groups is 1. The third-order valence-electron chi connectivity index (χ3n) is 3.07. The standard InChI is InChI=1S/C13H17FN2O3.ClH/c1-16(13(17)11-8-19-6-5-15-11)9-3-4-12(18-2)10(14)7-9;/h3-4,7,11,15H,5-6,8H2,1-2H3;1H. The molecule has 1 saturated heterocycles. The summed E-state index contributed by atoms with van der Waals surface area (Å²) in [5.41, 5.74) is 0.482. The molecule has 1 aromatic carbocycles. The predicted octanol–water partition coefficient (Wildman–Crippen LogP) is 1.21. The van der Waals surface area contributed by atoms with E-state index in [4.69, 9.17) is 9.47 Å². The van der Waals surface area contributed by atoms with E-state index in [9.17, 15) is 9.18 Å². The zero-order chi connectivity index (χ0) is 13.8. The number of methoxy groups -OCH3 is 1. The van der Waals surface area contributed by atoms with Crippen molar-refractivity contribution in [2.45, 2.75) is 6.04 Å². The Morgan fingerprint density at radius 2 is 2.30 bits per heavy atom. The summed E-state index contributed by atoms with van der Waals surface area (Å²) < 4.78 is 23.7. The third-order valence-corrected chi connectivity index (χ3v) is 3.07. The van der Waals surface area contributed by atoms with Crippen LogP contribution in [0.2, 0.25) is 0 Å². The van der Waals surface area contributed by atoms with Crippen LogP contribution < -0.4 is 15.0 Å². The number of hydrogen-bond acceptors (Lipinski definition) is 4. The molecule has 20 heavy (non-hydrogen) atoms. The Bertz CT molecular complexity index is 467. The fraction of sp³-hybridized carbons (Fsp3) is 0.462. The third kappa shape index (κ3) is 3.59. The summed E-state index contributed by atoms with van der Waals surface area (Å²) >= 11 is 0. The van der Waals surface area contributed by atoms with E-state index < -0.39 is 5.82 Å². The second kappa shape index (κ2) is 7.42. The van der Waals surface area contributed by atoms with Crippen LogP contribution in [-0.2, 0) is 9.53 Å². The van der Waals surface area contributed by atoms with Gasteiger partial charge >= 0.3 is 0 Å². The predicted molar refractivity (Wildman–Crippen MR) is 76.2 cm³/mol. The molecule has 0 bridgehead atoms. The highest BCUT2D eigenvalue weighted by Crippen LogP contribution is 2.23. The summed E-state index contributed by atoms with van der Waals surface area (Å²) in [4.78, 5) is 13.6. The first-order valence-electron chi connectivity index (χ1n) is 6.05. The smallest absolute Gasteiger partial charge is 0.246 e. The number of ether oxygens (including phenoxy) is 2. The fourth-order valence-corrected chi connectivity index (χ4v) is 1.95. The summed E-state index contributed by atoms with van der Waals surface area (Å²) in [6.45, 7) is 1.58. The number of anilines is 1. The van der Waals surface area contributed by atoms with Crippen LogP contribution >= 0.6 is 12.4 Å². The summed E-state index contributed by atoms with van der Waals surface area (Å²) in [5.74, 6) is -0.486. The number of nitrogens with one attached hydrogen (secondary N) is 1. The van der Waals surface area contributed by atoms with Crippen molar-refractivity contribution in [3.05, 3.63) is 24.0 Å². The largest absolute Gasteiger partial charge is 0.494 e. The quantitative estimate of drug-likeness (QED) is 0.912. The minimum atomic E-state index is -0.493. The second-order valence-corrected chi connectivity index (χ2v) is 4.30. The van der Waals surface area contributed by atoms with Gasteiger partial charge in [0, 0.05) is 25.3 Å². The van der Waals surface area contributed by atoms with Crippen LogP contribution in [0.15, 0.2) is 18.2 Å². The summed E-state index contributed by atoms with van der Waals surface area (Å²) in [6.07, 6.45) is 0. The number of morpholine rings is 1. The first kappa shape index (κ1) is 16.7. The molecule has 1 amide bonds. The molecule has 1 N–H and O–H groups in total. The number of halogens is 2. The molecule has 0 spiro atoms. The van der Waals surface area contributed by atoms with Crippen LogP contribution in [0.1, 0.15) is 0 Å². The van der Waals surface area contributed by atoms with Crippen LogP contribution in [0.3, 0.4) is 0 Å². The molecule has 0 saturated carbocycles. The topological polar surface area (TPSA) is 50.8 Å². The fourth-order valence-electron chi connectivity index (χ4n) is 1.95. The molecular formula is C13H18ClFN2O3. The second-order valence-electron chi connectivity index (χ2n) is 4.30. The van der Waals surface area contributed by atoms with E-state index in [2.05, 4.69) is 5.32 Å². The van der Waals surface area contributed by atoms with Crippen molar-refractivity contribution in [1.29, 1.82) is 0 Å². The average Bonchev–Trinajstić information content (AvgIpc) is 2.46. The summed E-state index contributed by atoms with van der Waals surface area (Å²) in [7, 11) is 3.01. The van der Waals surface area contributed by atoms with Crippen molar-refractivity contribution < 1.29 is 18.7 Å². The lowest BCUT2D eigenvalue weighted by Gasteiger charge is -2.27. The first-order chi connectivity index (χ1) is 9.13.